The molecule has 0 saturated heterocycles. The molecule has 0 fully saturated rings. The van der Waals surface area contributed by atoms with E-state index in [0.717, 1.165) is 9.35 Å². The molecule has 0 spiro atoms. The normalized spacial score (nSPS) is 13.4. The van der Waals surface area contributed by atoms with E-state index in [4.69, 9.17) is 4.74 Å². The third kappa shape index (κ3) is 2.56. The lowest BCUT2D eigenvalue weighted by Gasteiger charge is -2.04. The fraction of sp³-hybridized carbons (Fsp3) is 0.429. The second kappa shape index (κ2) is 4.21. The van der Waals surface area contributed by atoms with Gasteiger partial charge in [-0.15, -0.1) is 11.3 Å². The number of hydrogen-bond acceptors (Lipinski definition) is 3. The molecule has 2 nitrogen and oxygen atoms in total. The molecule has 4 heteroatoms. The predicted octanol–water partition coefficient (Wildman–Crippen LogP) is 2.19. The third-order valence-corrected chi connectivity index (χ3v) is 3.04. The van der Waals surface area contributed by atoms with E-state index in [1.165, 1.54) is 11.3 Å². The molecular formula is C7H9BrO2S. The first-order chi connectivity index (χ1) is 5.24. The summed E-state index contributed by atoms with van der Waals surface area (Å²) in [5.74, 6) is 0. The van der Waals surface area contributed by atoms with Crippen molar-refractivity contribution in [1.82, 2.24) is 0 Å². The molecule has 0 aromatic carbocycles. The number of aliphatic hydroxyl groups is 1. The van der Waals surface area contributed by atoms with Crippen LogP contribution in [0.5, 0.6) is 0 Å². The van der Waals surface area contributed by atoms with Crippen molar-refractivity contribution in [3.8, 4) is 0 Å². The lowest BCUT2D eigenvalue weighted by Crippen LogP contribution is -2.02. The van der Waals surface area contributed by atoms with Gasteiger partial charge in [-0.25, -0.2) is 0 Å². The second-order valence-electron chi connectivity index (χ2n) is 2.14. The van der Waals surface area contributed by atoms with E-state index < -0.39 is 6.10 Å². The number of methoxy groups -OCH3 is 1. The molecule has 0 aliphatic carbocycles. The van der Waals surface area contributed by atoms with Gasteiger partial charge in [-0.1, -0.05) is 0 Å². The van der Waals surface area contributed by atoms with Crippen LogP contribution >= 0.6 is 27.3 Å². The molecule has 1 heterocycles. The smallest absolute Gasteiger partial charge is 0.111 e. The van der Waals surface area contributed by atoms with E-state index in [1.54, 1.807) is 7.11 Å². The maximum Gasteiger partial charge on any atom is 0.111 e. The Hall–Kier alpha value is 0.1000. The Morgan fingerprint density at radius 1 is 1.82 bits per heavy atom. The van der Waals surface area contributed by atoms with Gasteiger partial charge in [0.15, 0.2) is 0 Å². The van der Waals surface area contributed by atoms with Gasteiger partial charge in [0.05, 0.1) is 6.61 Å². The highest BCUT2D eigenvalue weighted by Crippen LogP contribution is 2.25. The van der Waals surface area contributed by atoms with Gasteiger partial charge in [0.25, 0.3) is 0 Å². The summed E-state index contributed by atoms with van der Waals surface area (Å²) < 4.78 is 5.82. The molecule has 0 aliphatic rings. The zero-order chi connectivity index (χ0) is 8.27. The maximum absolute atomic E-state index is 9.40. The Kier molecular flexibility index (Phi) is 3.51. The van der Waals surface area contributed by atoms with Crippen LogP contribution in [0, 0.1) is 0 Å². The number of ether oxygens (including phenoxy) is 1. The lowest BCUT2D eigenvalue weighted by atomic mass is 10.3. The highest BCUT2D eigenvalue weighted by molar-refractivity contribution is 9.10. The van der Waals surface area contributed by atoms with Crippen LogP contribution in [0.2, 0.25) is 0 Å². The van der Waals surface area contributed by atoms with Crippen LogP contribution in [0.4, 0.5) is 0 Å². The minimum atomic E-state index is -0.490. The number of rotatable bonds is 3. The van der Waals surface area contributed by atoms with Gasteiger partial charge in [-0.05, 0) is 22.0 Å². The molecule has 0 aliphatic heterocycles. The average Bonchev–Trinajstić information content (AvgIpc) is 2.36. The topological polar surface area (TPSA) is 29.5 Å². The molecule has 0 radical (unpaired) electrons. The Bertz CT molecular complexity index is 224. The van der Waals surface area contributed by atoms with Gasteiger partial charge >= 0.3 is 0 Å². The van der Waals surface area contributed by atoms with E-state index in [1.807, 2.05) is 11.4 Å². The number of thiophene rings is 1. The monoisotopic (exact) mass is 236 g/mol. The van der Waals surface area contributed by atoms with Crippen molar-refractivity contribution in [2.24, 2.45) is 0 Å². The molecule has 0 bridgehead atoms. The van der Waals surface area contributed by atoms with Crippen molar-refractivity contribution in [2.75, 3.05) is 13.7 Å². The van der Waals surface area contributed by atoms with Crippen molar-refractivity contribution in [1.29, 1.82) is 0 Å². The Morgan fingerprint density at radius 3 is 3.00 bits per heavy atom. The first-order valence-electron chi connectivity index (χ1n) is 3.15. The summed E-state index contributed by atoms with van der Waals surface area (Å²) in [4.78, 5) is 0.929. The molecule has 1 atom stereocenters. The van der Waals surface area contributed by atoms with Gasteiger partial charge in [-0.2, -0.15) is 0 Å². The quantitative estimate of drug-likeness (QED) is 0.873. The third-order valence-electron chi connectivity index (χ3n) is 1.24. The van der Waals surface area contributed by atoms with Gasteiger partial charge < -0.3 is 9.84 Å². The summed E-state index contributed by atoms with van der Waals surface area (Å²) in [7, 11) is 1.58. The van der Waals surface area contributed by atoms with Crippen molar-refractivity contribution in [3.63, 3.8) is 0 Å². The molecule has 62 valence electrons. The fourth-order valence-corrected chi connectivity index (χ4v) is 2.16. The van der Waals surface area contributed by atoms with E-state index in [9.17, 15) is 5.11 Å². The van der Waals surface area contributed by atoms with Crippen molar-refractivity contribution in [2.45, 2.75) is 6.10 Å². The van der Waals surface area contributed by atoms with E-state index >= 15 is 0 Å². The summed E-state index contributed by atoms with van der Waals surface area (Å²) in [6.45, 7) is 0.354. The minimum Gasteiger partial charge on any atom is -0.385 e. The highest BCUT2D eigenvalue weighted by atomic mass is 79.9. The molecule has 1 rings (SSSR count). The highest BCUT2D eigenvalue weighted by Gasteiger charge is 2.08. The first kappa shape index (κ1) is 9.19. The van der Waals surface area contributed by atoms with Crippen LogP contribution in [0.15, 0.2) is 15.9 Å². The van der Waals surface area contributed by atoms with Gasteiger partial charge in [0.1, 0.15) is 6.10 Å². The molecule has 1 aromatic rings. The standard InChI is InChI=1S/C7H9BrO2S/c1-10-3-6(9)7-2-5(8)4-11-7/h2,4,6,9H,3H2,1H3. The zero-order valence-electron chi connectivity index (χ0n) is 6.08. The van der Waals surface area contributed by atoms with Crippen molar-refractivity contribution >= 4 is 27.3 Å². The van der Waals surface area contributed by atoms with Gasteiger partial charge in [0, 0.05) is 21.8 Å². The summed E-state index contributed by atoms with van der Waals surface area (Å²) >= 11 is 4.83. The molecule has 0 amide bonds. The first-order valence-corrected chi connectivity index (χ1v) is 4.82. The summed E-state index contributed by atoms with van der Waals surface area (Å²) in [5, 5.41) is 11.3. The van der Waals surface area contributed by atoms with Crippen LogP contribution < -0.4 is 0 Å². The van der Waals surface area contributed by atoms with E-state index in [2.05, 4.69) is 15.9 Å². The van der Waals surface area contributed by atoms with Gasteiger partial charge in [0.2, 0.25) is 0 Å². The van der Waals surface area contributed by atoms with Crippen LogP contribution in [-0.2, 0) is 4.74 Å². The molecule has 1 unspecified atom stereocenters. The molecule has 11 heavy (non-hydrogen) atoms. The van der Waals surface area contributed by atoms with Crippen molar-refractivity contribution < 1.29 is 9.84 Å². The van der Waals surface area contributed by atoms with Gasteiger partial charge in [-0.3, -0.25) is 0 Å². The largest absolute Gasteiger partial charge is 0.385 e. The van der Waals surface area contributed by atoms with Crippen molar-refractivity contribution in [3.05, 3.63) is 20.8 Å². The van der Waals surface area contributed by atoms with Crippen LogP contribution in [0.25, 0.3) is 0 Å². The molecule has 0 saturated carbocycles. The van der Waals surface area contributed by atoms with Crippen LogP contribution in [0.3, 0.4) is 0 Å². The summed E-state index contributed by atoms with van der Waals surface area (Å²) in [5.41, 5.74) is 0. The zero-order valence-corrected chi connectivity index (χ0v) is 8.48. The molecule has 1 aromatic heterocycles. The Morgan fingerprint density at radius 2 is 2.55 bits per heavy atom. The minimum absolute atomic E-state index is 0.354. The SMILES string of the molecule is COCC(O)c1cc(Br)cs1. The number of halogens is 1. The van der Waals surface area contributed by atoms with Crippen LogP contribution in [-0.4, -0.2) is 18.8 Å². The lowest BCUT2D eigenvalue weighted by molar-refractivity contribution is 0.0666. The molecule has 1 N–H and O–H groups in total. The summed E-state index contributed by atoms with van der Waals surface area (Å²) in [6.07, 6.45) is -0.490. The maximum atomic E-state index is 9.40. The van der Waals surface area contributed by atoms with E-state index in [-0.39, 0.29) is 0 Å². The number of hydrogen-bond donors (Lipinski definition) is 1. The van der Waals surface area contributed by atoms with Crippen LogP contribution in [0.1, 0.15) is 11.0 Å². The molecular weight excluding hydrogens is 228 g/mol. The predicted molar refractivity (Wildman–Crippen MR) is 48.9 cm³/mol. The van der Waals surface area contributed by atoms with E-state index in [0.29, 0.717) is 6.61 Å². The fourth-order valence-electron chi connectivity index (χ4n) is 0.743. The Balaban J connectivity index is 2.60. The number of aliphatic hydroxyl groups excluding tert-OH is 1. The summed E-state index contributed by atoms with van der Waals surface area (Å²) in [6, 6.07) is 1.90. The second-order valence-corrected chi connectivity index (χ2v) is 4.00. The Labute approximate surface area is 77.9 Å². The average molecular weight is 237 g/mol.